The molecule has 0 unspecified atom stereocenters. The van der Waals surface area contributed by atoms with Crippen LogP contribution in [-0.4, -0.2) is 33.3 Å². The van der Waals surface area contributed by atoms with Gasteiger partial charge in [-0.25, -0.2) is 15.0 Å². The summed E-state index contributed by atoms with van der Waals surface area (Å²) in [6.07, 6.45) is 0. The zero-order chi connectivity index (χ0) is 35.0. The monoisotopic (exact) mass is 663 g/mol. The maximum absolute atomic E-state index is 6.54. The van der Waals surface area contributed by atoms with Gasteiger partial charge in [-0.2, -0.15) is 0 Å². The molecule has 1 fully saturated rings. The van der Waals surface area contributed by atoms with Crippen LogP contribution in [0.25, 0.3) is 67.5 Å². The number of hydrogen-bond acceptors (Lipinski definition) is 5. The predicted octanol–water partition coefficient (Wildman–Crippen LogP) is 10.2. The molecule has 1 aliphatic heterocycles. The molecule has 1 saturated heterocycles. The molecule has 51 heavy (non-hydrogen) atoms. The average molecular weight is 664 g/mol. The van der Waals surface area contributed by atoms with Crippen LogP contribution in [0.5, 0.6) is 0 Å². The zero-order valence-corrected chi connectivity index (χ0v) is 29.2. The normalized spacial score (nSPS) is 14.8. The summed E-state index contributed by atoms with van der Waals surface area (Å²) in [4.78, 5) is 15.2. The standard InChI is InChI=1S/C45H38BN3O2/c1-44(2)45(3,4)51-46(50-44)40-26-16-15-24-38(40)36-22-12-11-21-35(36)37-23-13-14-25-39(37)43-48-41(33-19-9-6-10-20-33)47-42(49-43)34-29-27-32(28-30-34)31-17-7-5-8-18-31/h5-30H,1-4H3. The van der Waals surface area contributed by atoms with Gasteiger partial charge in [-0.3, -0.25) is 0 Å². The van der Waals surface area contributed by atoms with Crippen LogP contribution in [0.4, 0.5) is 0 Å². The van der Waals surface area contributed by atoms with E-state index in [0.717, 1.165) is 55.5 Å². The molecule has 2 heterocycles. The third-order valence-electron chi connectivity index (χ3n) is 10.1. The fraction of sp³-hybridized carbons (Fsp3) is 0.133. The van der Waals surface area contributed by atoms with Gasteiger partial charge in [0.05, 0.1) is 11.2 Å². The molecule has 0 bridgehead atoms. The lowest BCUT2D eigenvalue weighted by Crippen LogP contribution is -2.41. The largest absolute Gasteiger partial charge is 0.495 e. The summed E-state index contributed by atoms with van der Waals surface area (Å²) >= 11 is 0. The van der Waals surface area contributed by atoms with Crippen LogP contribution in [0, 0.1) is 0 Å². The Bertz CT molecular complexity index is 2310. The van der Waals surface area contributed by atoms with Crippen molar-refractivity contribution in [3.05, 3.63) is 158 Å². The molecule has 0 aliphatic carbocycles. The minimum atomic E-state index is -0.498. The second-order valence-electron chi connectivity index (χ2n) is 13.9. The van der Waals surface area contributed by atoms with Crippen molar-refractivity contribution in [2.45, 2.75) is 38.9 Å². The summed E-state index contributed by atoms with van der Waals surface area (Å²) in [6.45, 7) is 8.35. The van der Waals surface area contributed by atoms with Gasteiger partial charge in [0.15, 0.2) is 17.5 Å². The summed E-state index contributed by atoms with van der Waals surface area (Å²) in [5.41, 5.74) is 9.37. The number of aromatic nitrogens is 3. The van der Waals surface area contributed by atoms with E-state index in [1.54, 1.807) is 0 Å². The molecular formula is C45H38BN3O2. The van der Waals surface area contributed by atoms with E-state index in [4.69, 9.17) is 24.3 Å². The number of rotatable bonds is 7. The number of benzene rings is 6. The Morgan fingerprint density at radius 3 is 1.27 bits per heavy atom. The Morgan fingerprint density at radius 1 is 0.353 bits per heavy atom. The molecule has 0 amide bonds. The quantitative estimate of drug-likeness (QED) is 0.159. The highest BCUT2D eigenvalue weighted by molar-refractivity contribution is 6.64. The number of hydrogen-bond donors (Lipinski definition) is 0. The van der Waals surface area contributed by atoms with Gasteiger partial charge in [-0.15, -0.1) is 0 Å². The van der Waals surface area contributed by atoms with E-state index in [2.05, 4.69) is 137 Å². The maximum Gasteiger partial charge on any atom is 0.495 e. The fourth-order valence-electron chi connectivity index (χ4n) is 6.57. The minimum Gasteiger partial charge on any atom is -0.399 e. The van der Waals surface area contributed by atoms with Crippen LogP contribution in [0.2, 0.25) is 0 Å². The first-order chi connectivity index (χ1) is 24.8. The van der Waals surface area contributed by atoms with Crippen molar-refractivity contribution in [3.63, 3.8) is 0 Å². The summed E-state index contributed by atoms with van der Waals surface area (Å²) < 4.78 is 13.1. The van der Waals surface area contributed by atoms with Gasteiger partial charge in [0.25, 0.3) is 0 Å². The van der Waals surface area contributed by atoms with Crippen LogP contribution < -0.4 is 5.46 Å². The molecule has 1 aliphatic rings. The Morgan fingerprint density at radius 2 is 0.706 bits per heavy atom. The first kappa shape index (κ1) is 32.5. The Labute approximate surface area is 300 Å². The van der Waals surface area contributed by atoms with Gasteiger partial charge < -0.3 is 9.31 Å². The lowest BCUT2D eigenvalue weighted by Gasteiger charge is -2.32. The zero-order valence-electron chi connectivity index (χ0n) is 29.2. The second kappa shape index (κ2) is 13.2. The van der Waals surface area contributed by atoms with Gasteiger partial charge >= 0.3 is 7.12 Å². The summed E-state index contributed by atoms with van der Waals surface area (Å²) in [7, 11) is -0.498. The van der Waals surface area contributed by atoms with E-state index in [1.807, 2.05) is 48.5 Å². The van der Waals surface area contributed by atoms with Crippen LogP contribution in [0.1, 0.15) is 27.7 Å². The number of nitrogens with zero attached hydrogens (tertiary/aromatic N) is 3. The highest BCUT2D eigenvalue weighted by Gasteiger charge is 2.52. The molecule has 0 saturated carbocycles. The van der Waals surface area contributed by atoms with E-state index in [9.17, 15) is 0 Å². The van der Waals surface area contributed by atoms with E-state index in [1.165, 1.54) is 0 Å². The highest BCUT2D eigenvalue weighted by atomic mass is 16.7. The predicted molar refractivity (Wildman–Crippen MR) is 208 cm³/mol. The van der Waals surface area contributed by atoms with Gasteiger partial charge in [0.2, 0.25) is 0 Å². The molecule has 6 heteroatoms. The Hall–Kier alpha value is -5.69. The van der Waals surface area contributed by atoms with E-state index < -0.39 is 18.3 Å². The molecule has 0 atom stereocenters. The van der Waals surface area contributed by atoms with E-state index in [0.29, 0.717) is 17.5 Å². The summed E-state index contributed by atoms with van der Waals surface area (Å²) in [6, 6.07) is 54.1. The molecule has 1 aromatic heterocycles. The smallest absolute Gasteiger partial charge is 0.399 e. The van der Waals surface area contributed by atoms with Crippen molar-refractivity contribution in [2.24, 2.45) is 0 Å². The topological polar surface area (TPSA) is 57.1 Å². The maximum atomic E-state index is 6.54. The third-order valence-corrected chi connectivity index (χ3v) is 10.1. The van der Waals surface area contributed by atoms with Crippen molar-refractivity contribution in [1.82, 2.24) is 15.0 Å². The van der Waals surface area contributed by atoms with Gasteiger partial charge in [-0.05, 0) is 66.5 Å². The first-order valence-corrected chi connectivity index (χ1v) is 17.4. The Kier molecular flexibility index (Phi) is 8.43. The molecule has 8 rings (SSSR count). The molecule has 0 N–H and O–H groups in total. The molecular weight excluding hydrogens is 625 g/mol. The van der Waals surface area contributed by atoms with E-state index >= 15 is 0 Å². The van der Waals surface area contributed by atoms with Gasteiger partial charge in [0.1, 0.15) is 0 Å². The third kappa shape index (κ3) is 6.29. The fourth-order valence-corrected chi connectivity index (χ4v) is 6.57. The molecule has 7 aromatic rings. The van der Waals surface area contributed by atoms with Gasteiger partial charge in [0, 0.05) is 16.7 Å². The molecule has 0 spiro atoms. The van der Waals surface area contributed by atoms with Gasteiger partial charge in [-0.1, -0.05) is 158 Å². The van der Waals surface area contributed by atoms with Crippen LogP contribution in [0.3, 0.4) is 0 Å². The lowest BCUT2D eigenvalue weighted by molar-refractivity contribution is 0.00578. The van der Waals surface area contributed by atoms with Crippen molar-refractivity contribution < 1.29 is 9.31 Å². The minimum absolute atomic E-state index is 0.453. The lowest BCUT2D eigenvalue weighted by atomic mass is 9.73. The van der Waals surface area contributed by atoms with Crippen molar-refractivity contribution in [2.75, 3.05) is 0 Å². The summed E-state index contributed by atoms with van der Waals surface area (Å²) in [5.74, 6) is 1.85. The molecule has 248 valence electrons. The van der Waals surface area contributed by atoms with Crippen LogP contribution in [0.15, 0.2) is 158 Å². The van der Waals surface area contributed by atoms with Crippen molar-refractivity contribution in [1.29, 1.82) is 0 Å². The molecule has 6 aromatic carbocycles. The van der Waals surface area contributed by atoms with Crippen LogP contribution in [-0.2, 0) is 9.31 Å². The molecule has 0 radical (unpaired) electrons. The highest BCUT2D eigenvalue weighted by Crippen LogP contribution is 2.40. The molecule has 5 nitrogen and oxygen atoms in total. The second-order valence-corrected chi connectivity index (χ2v) is 13.9. The van der Waals surface area contributed by atoms with E-state index in [-0.39, 0.29) is 0 Å². The average Bonchev–Trinajstić information content (AvgIpc) is 3.41. The Balaban J connectivity index is 1.26. The van der Waals surface area contributed by atoms with Crippen LogP contribution >= 0.6 is 0 Å². The van der Waals surface area contributed by atoms with Crippen molar-refractivity contribution in [3.8, 4) is 67.5 Å². The van der Waals surface area contributed by atoms with Crippen molar-refractivity contribution >= 4 is 12.6 Å². The summed E-state index contributed by atoms with van der Waals surface area (Å²) in [5, 5.41) is 0. The first-order valence-electron chi connectivity index (χ1n) is 17.4. The SMILES string of the molecule is CC1(C)OB(c2ccccc2-c2ccccc2-c2ccccc2-c2nc(-c3ccccc3)nc(-c3ccc(-c4ccccc4)cc3)n2)OC1(C)C.